The smallest absolute Gasteiger partial charge is 0.0701 e. The second-order valence-electron chi connectivity index (χ2n) is 4.82. The number of para-hydroxylation sites is 1. The first-order chi connectivity index (χ1) is 10.3. The van der Waals surface area contributed by atoms with Crippen molar-refractivity contribution < 1.29 is 0 Å². The van der Waals surface area contributed by atoms with Gasteiger partial charge in [0.2, 0.25) is 0 Å². The van der Waals surface area contributed by atoms with Gasteiger partial charge in [-0.2, -0.15) is 0 Å². The van der Waals surface area contributed by atoms with Crippen LogP contribution in [0.15, 0.2) is 70.3 Å². The first-order valence-corrected chi connectivity index (χ1v) is 7.70. The van der Waals surface area contributed by atoms with Gasteiger partial charge in [0.05, 0.1) is 5.52 Å². The highest BCUT2D eigenvalue weighted by atomic mass is 79.9. The van der Waals surface area contributed by atoms with Crippen molar-refractivity contribution in [1.29, 1.82) is 0 Å². The lowest BCUT2D eigenvalue weighted by Gasteiger charge is -2.08. The average Bonchev–Trinajstić information content (AvgIpc) is 2.55. The molecule has 0 atom stereocenters. The van der Waals surface area contributed by atoms with E-state index in [1.54, 1.807) is 0 Å². The van der Waals surface area contributed by atoms with Crippen LogP contribution in [0, 0.1) is 0 Å². The summed E-state index contributed by atoms with van der Waals surface area (Å²) in [4.78, 5) is 8.39. The molecule has 0 aliphatic carbocycles. The SMILES string of the molecule is Brc1ccc2c(c1)C=NCC2.c1ccc2ncccc2c1. The molecule has 0 N–H and O–H groups in total. The molecule has 2 aromatic carbocycles. The van der Waals surface area contributed by atoms with E-state index in [0.29, 0.717) is 0 Å². The van der Waals surface area contributed by atoms with Gasteiger partial charge >= 0.3 is 0 Å². The number of hydrogen-bond acceptors (Lipinski definition) is 2. The third-order valence-corrected chi connectivity index (χ3v) is 3.85. The topological polar surface area (TPSA) is 25.2 Å². The number of nitrogens with zero attached hydrogens (tertiary/aromatic N) is 2. The third kappa shape index (κ3) is 3.56. The largest absolute Gasteiger partial charge is 0.292 e. The van der Waals surface area contributed by atoms with E-state index in [2.05, 4.69) is 56.2 Å². The fraction of sp³-hybridized carbons (Fsp3) is 0.111. The van der Waals surface area contributed by atoms with Crippen molar-refractivity contribution >= 4 is 33.0 Å². The van der Waals surface area contributed by atoms with E-state index in [1.165, 1.54) is 16.5 Å². The van der Waals surface area contributed by atoms with Gasteiger partial charge in [0.1, 0.15) is 0 Å². The summed E-state index contributed by atoms with van der Waals surface area (Å²) in [5.74, 6) is 0. The Balaban J connectivity index is 0.000000126. The Bertz CT molecular complexity index is 716. The zero-order valence-corrected chi connectivity index (χ0v) is 13.1. The van der Waals surface area contributed by atoms with Crippen LogP contribution in [0.3, 0.4) is 0 Å². The van der Waals surface area contributed by atoms with Crippen molar-refractivity contribution in [2.75, 3.05) is 6.54 Å². The van der Waals surface area contributed by atoms with Gasteiger partial charge in [-0.15, -0.1) is 0 Å². The van der Waals surface area contributed by atoms with Crippen molar-refractivity contribution in [3.63, 3.8) is 0 Å². The lowest BCUT2D eigenvalue weighted by molar-refractivity contribution is 0.952. The molecule has 0 amide bonds. The highest BCUT2D eigenvalue weighted by Crippen LogP contribution is 2.17. The van der Waals surface area contributed by atoms with Gasteiger partial charge in [0.15, 0.2) is 0 Å². The van der Waals surface area contributed by atoms with Crippen LogP contribution in [0.25, 0.3) is 10.9 Å². The standard InChI is InChI=1S/C9H8BrN.C9H7N/c10-9-2-1-7-3-4-11-6-8(7)5-9;1-2-6-9-8(4-1)5-3-7-10-9/h1-2,5-6H,3-4H2;1-7H. The molecule has 0 unspecified atom stereocenters. The Morgan fingerprint density at radius 1 is 0.952 bits per heavy atom. The number of pyridine rings is 1. The zero-order chi connectivity index (χ0) is 14.5. The van der Waals surface area contributed by atoms with E-state index in [-0.39, 0.29) is 0 Å². The van der Waals surface area contributed by atoms with Gasteiger partial charge in [-0.3, -0.25) is 9.98 Å². The van der Waals surface area contributed by atoms with E-state index in [4.69, 9.17) is 0 Å². The van der Waals surface area contributed by atoms with Crippen LogP contribution in [0.5, 0.6) is 0 Å². The van der Waals surface area contributed by atoms with Crippen LogP contribution in [-0.4, -0.2) is 17.7 Å². The van der Waals surface area contributed by atoms with Gasteiger partial charge in [-0.05, 0) is 41.8 Å². The maximum absolute atomic E-state index is 4.21. The number of rotatable bonds is 0. The van der Waals surface area contributed by atoms with Gasteiger partial charge in [-0.25, -0.2) is 0 Å². The number of aliphatic imine (C=N–C) groups is 1. The molecule has 0 saturated heterocycles. The second-order valence-corrected chi connectivity index (χ2v) is 5.74. The Morgan fingerprint density at radius 3 is 2.71 bits per heavy atom. The molecular weight excluding hydrogens is 324 g/mol. The fourth-order valence-electron chi connectivity index (χ4n) is 2.28. The van der Waals surface area contributed by atoms with E-state index < -0.39 is 0 Å². The summed E-state index contributed by atoms with van der Waals surface area (Å²) >= 11 is 3.43. The maximum atomic E-state index is 4.21. The minimum atomic E-state index is 0.939. The molecule has 1 aliphatic rings. The van der Waals surface area contributed by atoms with Crippen molar-refractivity contribution in [3.05, 3.63) is 76.4 Å². The molecule has 0 fully saturated rings. The van der Waals surface area contributed by atoms with Gasteiger partial charge < -0.3 is 0 Å². The zero-order valence-electron chi connectivity index (χ0n) is 11.5. The van der Waals surface area contributed by atoms with Crippen molar-refractivity contribution in [2.24, 2.45) is 4.99 Å². The Kier molecular flexibility index (Phi) is 4.41. The number of aromatic nitrogens is 1. The molecule has 0 saturated carbocycles. The Hall–Kier alpha value is -2.00. The molecule has 2 nitrogen and oxygen atoms in total. The van der Waals surface area contributed by atoms with E-state index in [0.717, 1.165) is 23.0 Å². The lowest BCUT2D eigenvalue weighted by atomic mass is 10.0. The first kappa shape index (κ1) is 14.0. The highest BCUT2D eigenvalue weighted by molar-refractivity contribution is 9.10. The predicted octanol–water partition coefficient (Wildman–Crippen LogP) is 4.66. The number of fused-ring (bicyclic) bond motifs is 2. The predicted molar refractivity (Wildman–Crippen MR) is 92.1 cm³/mol. The van der Waals surface area contributed by atoms with Crippen LogP contribution in [0.1, 0.15) is 11.1 Å². The molecule has 1 aliphatic heterocycles. The monoisotopic (exact) mass is 338 g/mol. The summed E-state index contributed by atoms with van der Waals surface area (Å²) in [7, 11) is 0. The van der Waals surface area contributed by atoms with Crippen molar-refractivity contribution in [2.45, 2.75) is 6.42 Å². The summed E-state index contributed by atoms with van der Waals surface area (Å²) in [6, 6.07) is 18.4. The molecular formula is C18H15BrN2. The van der Waals surface area contributed by atoms with Gasteiger partial charge in [0.25, 0.3) is 0 Å². The quantitative estimate of drug-likeness (QED) is 0.585. The summed E-state index contributed by atoms with van der Waals surface area (Å²) < 4.78 is 1.13. The molecule has 0 spiro atoms. The lowest BCUT2D eigenvalue weighted by Crippen LogP contribution is -2.01. The van der Waals surface area contributed by atoms with Crippen molar-refractivity contribution in [1.82, 2.24) is 4.98 Å². The second kappa shape index (κ2) is 6.64. The third-order valence-electron chi connectivity index (χ3n) is 3.36. The highest BCUT2D eigenvalue weighted by Gasteiger charge is 2.03. The summed E-state index contributed by atoms with van der Waals surface area (Å²) in [6.07, 6.45) is 4.84. The summed E-state index contributed by atoms with van der Waals surface area (Å²) in [5.41, 5.74) is 3.72. The van der Waals surface area contributed by atoms with Gasteiger partial charge in [0, 0.05) is 28.8 Å². The Labute approximate surface area is 132 Å². The molecule has 4 rings (SSSR count). The van der Waals surface area contributed by atoms with Crippen LogP contribution < -0.4 is 0 Å². The maximum Gasteiger partial charge on any atom is 0.0701 e. The first-order valence-electron chi connectivity index (χ1n) is 6.91. The Morgan fingerprint density at radius 2 is 1.81 bits per heavy atom. The fourth-order valence-corrected chi connectivity index (χ4v) is 2.66. The molecule has 0 radical (unpaired) electrons. The molecule has 21 heavy (non-hydrogen) atoms. The normalized spacial score (nSPS) is 12.4. The molecule has 2 heterocycles. The van der Waals surface area contributed by atoms with E-state index >= 15 is 0 Å². The van der Waals surface area contributed by atoms with Crippen LogP contribution in [0.2, 0.25) is 0 Å². The van der Waals surface area contributed by atoms with Crippen LogP contribution in [-0.2, 0) is 6.42 Å². The van der Waals surface area contributed by atoms with Crippen molar-refractivity contribution in [3.8, 4) is 0 Å². The van der Waals surface area contributed by atoms with Crippen LogP contribution >= 0.6 is 15.9 Å². The number of hydrogen-bond donors (Lipinski definition) is 0. The number of benzene rings is 2. The van der Waals surface area contributed by atoms with E-state index in [1.807, 2.05) is 36.7 Å². The molecule has 3 heteroatoms. The average molecular weight is 339 g/mol. The summed E-state index contributed by atoms with van der Waals surface area (Å²) in [5, 5.41) is 1.20. The molecule has 3 aromatic rings. The minimum Gasteiger partial charge on any atom is -0.292 e. The van der Waals surface area contributed by atoms with Crippen LogP contribution in [0.4, 0.5) is 0 Å². The molecule has 104 valence electrons. The molecule has 0 bridgehead atoms. The minimum absolute atomic E-state index is 0.939. The summed E-state index contributed by atoms with van der Waals surface area (Å²) in [6.45, 7) is 0.939. The van der Waals surface area contributed by atoms with Gasteiger partial charge in [-0.1, -0.05) is 46.3 Å². The molecule has 1 aromatic heterocycles. The number of halogens is 1. The van der Waals surface area contributed by atoms with E-state index in [9.17, 15) is 0 Å².